The van der Waals surface area contributed by atoms with Gasteiger partial charge in [-0.05, 0) is 6.92 Å². The molecule has 0 radical (unpaired) electrons. The number of hydrogen-bond acceptors (Lipinski definition) is 9. The van der Waals surface area contributed by atoms with Crippen LogP contribution >= 0.6 is 0 Å². The Labute approximate surface area is 158 Å². The van der Waals surface area contributed by atoms with Crippen molar-refractivity contribution in [2.75, 3.05) is 67.2 Å². The summed E-state index contributed by atoms with van der Waals surface area (Å²) in [5, 5.41) is 11.7. The number of carbonyl (C=O) groups excluding carboxylic acids is 1. The highest BCUT2D eigenvalue weighted by Gasteiger charge is 2.33. The summed E-state index contributed by atoms with van der Waals surface area (Å²) in [5.74, 6) is 1.36. The van der Waals surface area contributed by atoms with Gasteiger partial charge < -0.3 is 19.4 Å². The summed E-state index contributed by atoms with van der Waals surface area (Å²) in [7, 11) is -0.911. The van der Waals surface area contributed by atoms with E-state index in [1.54, 1.807) is 16.7 Å². The number of carbonyl (C=O) groups is 1. The second kappa shape index (κ2) is 8.46. The summed E-state index contributed by atoms with van der Waals surface area (Å²) in [6.45, 7) is 4.95. The fourth-order valence-electron chi connectivity index (χ4n) is 3.05. The predicted molar refractivity (Wildman–Crippen MR) is 99.8 cm³/mol. The normalized spacial score (nSPS) is 18.5. The van der Waals surface area contributed by atoms with Crippen molar-refractivity contribution < 1.29 is 18.7 Å². The maximum atomic E-state index is 11.7. The Morgan fingerprint density at radius 3 is 2.37 bits per heavy atom. The van der Waals surface area contributed by atoms with Crippen molar-refractivity contribution in [2.45, 2.75) is 6.92 Å². The molecule has 0 unspecified atom stereocenters. The lowest BCUT2D eigenvalue weighted by molar-refractivity contribution is -0.385. The first kappa shape index (κ1) is 19.3. The van der Waals surface area contributed by atoms with Gasteiger partial charge in [-0.25, -0.2) is 0 Å². The van der Waals surface area contributed by atoms with Gasteiger partial charge in [-0.2, -0.15) is 9.97 Å². The van der Waals surface area contributed by atoms with Crippen molar-refractivity contribution in [1.29, 1.82) is 0 Å². The second-order valence-electron chi connectivity index (χ2n) is 6.15. The maximum Gasteiger partial charge on any atom is 0.373 e. The molecular weight excluding hydrogens is 376 g/mol. The van der Waals surface area contributed by atoms with Crippen LogP contribution in [0.3, 0.4) is 0 Å². The van der Waals surface area contributed by atoms with Gasteiger partial charge in [0.2, 0.25) is 18.2 Å². The van der Waals surface area contributed by atoms with E-state index in [0.29, 0.717) is 56.7 Å². The van der Waals surface area contributed by atoms with Crippen molar-refractivity contribution in [3.8, 4) is 5.88 Å². The van der Waals surface area contributed by atoms with E-state index in [2.05, 4.69) is 9.97 Å². The average Bonchev–Trinajstić information content (AvgIpc) is 2.68. The third-order valence-corrected chi connectivity index (χ3v) is 5.78. The molecule has 3 rings (SSSR count). The molecule has 3 heterocycles. The van der Waals surface area contributed by atoms with Crippen molar-refractivity contribution in [1.82, 2.24) is 14.9 Å². The lowest BCUT2D eigenvalue weighted by Gasteiger charge is -2.33. The van der Waals surface area contributed by atoms with Gasteiger partial charge in [-0.15, -0.1) is 0 Å². The highest BCUT2D eigenvalue weighted by atomic mass is 32.2. The van der Waals surface area contributed by atoms with E-state index >= 15 is 0 Å². The lowest BCUT2D eigenvalue weighted by atomic mass is 10.3. The largest absolute Gasteiger partial charge is 0.473 e. The number of ether oxygens (including phenoxy) is 1. The molecule has 2 aliphatic rings. The van der Waals surface area contributed by atoms with E-state index in [1.807, 2.05) is 4.90 Å². The van der Waals surface area contributed by atoms with Gasteiger partial charge in [0.1, 0.15) is 0 Å². The Balaban J connectivity index is 1.98. The van der Waals surface area contributed by atoms with Gasteiger partial charge in [0.25, 0.3) is 0 Å². The molecule has 0 bridgehead atoms. The Morgan fingerprint density at radius 1 is 1.15 bits per heavy atom. The molecule has 0 aliphatic carbocycles. The van der Waals surface area contributed by atoms with Crippen molar-refractivity contribution in [3.05, 3.63) is 10.1 Å². The Hall–Kier alpha value is -2.50. The van der Waals surface area contributed by atoms with Crippen LogP contribution in [0.5, 0.6) is 5.88 Å². The monoisotopic (exact) mass is 398 g/mol. The molecule has 0 aromatic carbocycles. The van der Waals surface area contributed by atoms with Gasteiger partial charge in [0.15, 0.2) is 0 Å². The minimum atomic E-state index is -0.911. The summed E-state index contributed by atoms with van der Waals surface area (Å²) in [6.07, 6.45) is 0.805. The van der Waals surface area contributed by atoms with Crippen LogP contribution in [0, 0.1) is 10.1 Å². The average molecular weight is 398 g/mol. The van der Waals surface area contributed by atoms with Crippen LogP contribution in [0.15, 0.2) is 0 Å². The molecule has 0 N–H and O–H groups in total. The van der Waals surface area contributed by atoms with Crippen molar-refractivity contribution >= 4 is 34.7 Å². The van der Waals surface area contributed by atoms with Gasteiger partial charge in [0.05, 0.1) is 11.5 Å². The predicted octanol–water partition coefficient (Wildman–Crippen LogP) is -0.369. The number of anilines is 2. The highest BCUT2D eigenvalue weighted by Crippen LogP contribution is 2.36. The molecule has 1 aromatic heterocycles. The summed E-state index contributed by atoms with van der Waals surface area (Å²) in [4.78, 5) is 36.1. The highest BCUT2D eigenvalue weighted by molar-refractivity contribution is 7.85. The van der Waals surface area contributed by atoms with E-state index in [1.165, 1.54) is 0 Å². The molecule has 0 saturated carbocycles. The third-order valence-electron chi connectivity index (χ3n) is 4.51. The third kappa shape index (κ3) is 4.26. The first-order valence-electron chi connectivity index (χ1n) is 8.77. The van der Waals surface area contributed by atoms with Crippen LogP contribution in [-0.4, -0.2) is 87.8 Å². The Bertz CT molecular complexity index is 730. The van der Waals surface area contributed by atoms with Crippen LogP contribution < -0.4 is 14.5 Å². The molecule has 1 amide bonds. The molecular formula is C15H22N6O5S. The first-order chi connectivity index (χ1) is 13.0. The van der Waals surface area contributed by atoms with Gasteiger partial charge >= 0.3 is 11.6 Å². The number of hydrogen-bond donors (Lipinski definition) is 0. The van der Waals surface area contributed by atoms with Crippen molar-refractivity contribution in [3.63, 3.8) is 0 Å². The molecule has 2 saturated heterocycles. The zero-order chi connectivity index (χ0) is 19.4. The van der Waals surface area contributed by atoms with Crippen LogP contribution in [0.1, 0.15) is 6.92 Å². The summed E-state index contributed by atoms with van der Waals surface area (Å²) < 4.78 is 17.1. The zero-order valence-electron chi connectivity index (χ0n) is 15.1. The lowest BCUT2D eigenvalue weighted by Crippen LogP contribution is -2.46. The molecule has 11 nitrogen and oxygen atoms in total. The quantitative estimate of drug-likeness (QED) is 0.359. The first-order valence-corrected chi connectivity index (χ1v) is 10.3. The maximum absolute atomic E-state index is 11.7. The number of rotatable bonds is 6. The number of aromatic nitrogens is 2. The number of nitrogens with zero attached hydrogens (tertiary/aromatic N) is 6. The fraction of sp³-hybridized carbons (Fsp3) is 0.667. The molecule has 0 spiro atoms. The summed E-state index contributed by atoms with van der Waals surface area (Å²) in [6, 6.07) is 0. The molecule has 2 fully saturated rings. The molecule has 148 valence electrons. The fourth-order valence-corrected chi connectivity index (χ4v) is 4.10. The Kier molecular flexibility index (Phi) is 6.04. The van der Waals surface area contributed by atoms with Gasteiger partial charge in [-0.1, -0.05) is 0 Å². The minimum absolute atomic E-state index is 0.0630. The van der Waals surface area contributed by atoms with Gasteiger partial charge in [-0.3, -0.25) is 19.1 Å². The smallest absolute Gasteiger partial charge is 0.373 e. The minimum Gasteiger partial charge on any atom is -0.473 e. The van der Waals surface area contributed by atoms with E-state index in [0.717, 1.165) is 6.41 Å². The van der Waals surface area contributed by atoms with Crippen LogP contribution in [-0.2, 0) is 15.6 Å². The molecule has 2 aliphatic heterocycles. The SMILES string of the molecule is CCOc1nc(N2CCN(C=O)CC2)nc(N2CCS(=O)CC2)c1[N+](=O)[O-]. The number of nitro groups is 1. The van der Waals surface area contributed by atoms with E-state index in [-0.39, 0.29) is 24.0 Å². The molecule has 12 heteroatoms. The zero-order valence-corrected chi connectivity index (χ0v) is 15.9. The number of piperazine rings is 1. The second-order valence-corrected chi connectivity index (χ2v) is 7.85. The van der Waals surface area contributed by atoms with Crippen LogP contribution in [0.2, 0.25) is 0 Å². The van der Waals surface area contributed by atoms with E-state index < -0.39 is 15.7 Å². The van der Waals surface area contributed by atoms with E-state index in [4.69, 9.17) is 4.74 Å². The summed E-state index contributed by atoms with van der Waals surface area (Å²) in [5.41, 5.74) is -0.264. The summed E-state index contributed by atoms with van der Waals surface area (Å²) >= 11 is 0. The molecule has 1 aromatic rings. The topological polar surface area (TPSA) is 122 Å². The Morgan fingerprint density at radius 2 is 1.81 bits per heavy atom. The van der Waals surface area contributed by atoms with Crippen molar-refractivity contribution in [2.24, 2.45) is 0 Å². The standard InChI is InChI=1S/C15H22N6O5S/c1-2-26-14-12(21(23)24)13(19-7-9-27(25)10-8-19)16-15(17-14)20-5-3-18(11-22)4-6-20/h11H,2-10H2,1H3. The molecule has 0 atom stereocenters. The number of amides is 1. The molecule has 27 heavy (non-hydrogen) atoms. The van der Waals surface area contributed by atoms with Gasteiger partial charge in [0, 0.05) is 61.6 Å². The van der Waals surface area contributed by atoms with Crippen LogP contribution in [0.25, 0.3) is 0 Å². The van der Waals surface area contributed by atoms with E-state index in [9.17, 15) is 19.1 Å². The van der Waals surface area contributed by atoms with Crippen LogP contribution in [0.4, 0.5) is 17.5 Å².